The highest BCUT2D eigenvalue weighted by Gasteiger charge is 2.28. The third-order valence-corrected chi connectivity index (χ3v) is 3.42. The number of Topliss-reactive ketones (excluding diaryl/α,β-unsaturated/α-hetero) is 1. The van der Waals surface area contributed by atoms with Gasteiger partial charge in [0.05, 0.1) is 0 Å². The van der Waals surface area contributed by atoms with Crippen LogP contribution < -0.4 is 10.6 Å². The number of anilines is 1. The van der Waals surface area contributed by atoms with Gasteiger partial charge < -0.3 is 15.4 Å². The minimum absolute atomic E-state index is 0.174. The Labute approximate surface area is 143 Å². The second-order valence-corrected chi connectivity index (χ2v) is 6.97. The molecule has 0 aliphatic heterocycles. The molecule has 2 N–H and O–H groups in total. The van der Waals surface area contributed by atoms with Crippen LogP contribution in [0, 0.1) is 11.3 Å². The maximum Gasteiger partial charge on any atom is 0.329 e. The molecular weight excluding hydrogens is 308 g/mol. The molecule has 6 nitrogen and oxygen atoms in total. The summed E-state index contributed by atoms with van der Waals surface area (Å²) >= 11 is 0. The number of hydrogen-bond donors (Lipinski definition) is 2. The molecule has 0 bridgehead atoms. The fourth-order valence-corrected chi connectivity index (χ4v) is 1.77. The third-order valence-electron chi connectivity index (χ3n) is 3.42. The molecule has 1 rings (SSSR count). The average molecular weight is 334 g/mol. The van der Waals surface area contributed by atoms with E-state index in [1.807, 2.05) is 6.07 Å². The first-order chi connectivity index (χ1) is 11.1. The normalized spacial score (nSPS) is 12.4. The van der Waals surface area contributed by atoms with E-state index in [4.69, 9.17) is 4.74 Å². The van der Waals surface area contributed by atoms with Crippen molar-refractivity contribution in [3.05, 3.63) is 30.3 Å². The monoisotopic (exact) mass is 334 g/mol. The van der Waals surface area contributed by atoms with Gasteiger partial charge in [0.15, 0.2) is 12.4 Å². The van der Waals surface area contributed by atoms with E-state index >= 15 is 0 Å². The smallest absolute Gasteiger partial charge is 0.329 e. The van der Waals surface area contributed by atoms with Crippen molar-refractivity contribution in [2.75, 3.05) is 11.9 Å². The van der Waals surface area contributed by atoms with Crippen LogP contribution in [0.15, 0.2) is 30.3 Å². The standard InChI is InChI=1S/C18H26N2O4/c1-12(2)15(16(22)24-11-14(21)18(3,4)5)20-17(23)19-13-9-7-6-8-10-13/h6-10,12,15H,11H2,1-5H3,(H2,19,20,23)/t15-/m1/s1. The Bertz CT molecular complexity index is 576. The number of ether oxygens (including phenoxy) is 1. The van der Waals surface area contributed by atoms with E-state index in [0.29, 0.717) is 5.69 Å². The molecule has 1 atom stereocenters. The highest BCUT2D eigenvalue weighted by atomic mass is 16.5. The summed E-state index contributed by atoms with van der Waals surface area (Å²) in [6.07, 6.45) is 0. The third kappa shape index (κ3) is 6.40. The Hall–Kier alpha value is -2.37. The van der Waals surface area contributed by atoms with E-state index in [-0.39, 0.29) is 18.3 Å². The van der Waals surface area contributed by atoms with E-state index in [1.165, 1.54) is 0 Å². The van der Waals surface area contributed by atoms with Crippen LogP contribution in [0.25, 0.3) is 0 Å². The molecule has 0 heterocycles. The zero-order valence-electron chi connectivity index (χ0n) is 14.9. The predicted molar refractivity (Wildman–Crippen MR) is 92.6 cm³/mol. The molecule has 132 valence electrons. The lowest BCUT2D eigenvalue weighted by atomic mass is 9.91. The van der Waals surface area contributed by atoms with Crippen molar-refractivity contribution >= 4 is 23.5 Å². The molecule has 0 radical (unpaired) electrons. The molecule has 6 heteroatoms. The summed E-state index contributed by atoms with van der Waals surface area (Å²) < 4.78 is 5.07. The van der Waals surface area contributed by atoms with E-state index in [1.54, 1.807) is 58.9 Å². The summed E-state index contributed by atoms with van der Waals surface area (Å²) in [7, 11) is 0. The van der Waals surface area contributed by atoms with Gasteiger partial charge in [-0.2, -0.15) is 0 Å². The summed E-state index contributed by atoms with van der Waals surface area (Å²) in [5.41, 5.74) is 0.0416. The number of esters is 1. The van der Waals surface area contributed by atoms with Crippen LogP contribution >= 0.6 is 0 Å². The number of urea groups is 1. The lowest BCUT2D eigenvalue weighted by Crippen LogP contribution is -2.47. The van der Waals surface area contributed by atoms with Crippen LogP contribution in [-0.4, -0.2) is 30.4 Å². The lowest BCUT2D eigenvalue weighted by molar-refractivity contribution is -0.152. The Morgan fingerprint density at radius 2 is 1.67 bits per heavy atom. The quantitative estimate of drug-likeness (QED) is 0.783. The topological polar surface area (TPSA) is 84.5 Å². The van der Waals surface area contributed by atoms with Crippen LogP contribution in [0.2, 0.25) is 0 Å². The zero-order chi connectivity index (χ0) is 18.3. The van der Waals surface area contributed by atoms with Crippen molar-refractivity contribution in [2.24, 2.45) is 11.3 Å². The summed E-state index contributed by atoms with van der Waals surface area (Å²) in [6.45, 7) is 8.56. The van der Waals surface area contributed by atoms with Gasteiger partial charge in [-0.05, 0) is 18.1 Å². The minimum Gasteiger partial charge on any atom is -0.456 e. The van der Waals surface area contributed by atoms with Gasteiger partial charge in [-0.1, -0.05) is 52.8 Å². The zero-order valence-corrected chi connectivity index (χ0v) is 14.9. The van der Waals surface area contributed by atoms with Gasteiger partial charge in [-0.15, -0.1) is 0 Å². The van der Waals surface area contributed by atoms with Crippen LogP contribution in [0.3, 0.4) is 0 Å². The summed E-state index contributed by atoms with van der Waals surface area (Å²) in [6, 6.07) is 7.57. The maximum atomic E-state index is 12.2. The van der Waals surface area contributed by atoms with Gasteiger partial charge in [0.2, 0.25) is 0 Å². The maximum absolute atomic E-state index is 12.2. The van der Waals surface area contributed by atoms with Gasteiger partial charge in [-0.3, -0.25) is 4.79 Å². The van der Waals surface area contributed by atoms with Crippen molar-refractivity contribution in [1.82, 2.24) is 5.32 Å². The molecule has 0 saturated heterocycles. The molecule has 0 aliphatic carbocycles. The molecule has 0 spiro atoms. The molecule has 0 aromatic heterocycles. The highest BCUT2D eigenvalue weighted by molar-refractivity contribution is 5.93. The molecule has 0 saturated carbocycles. The first kappa shape index (κ1) is 19.7. The number of carbonyl (C=O) groups is 3. The van der Waals surface area contributed by atoms with Crippen LogP contribution in [-0.2, 0) is 14.3 Å². The van der Waals surface area contributed by atoms with Gasteiger partial charge in [0, 0.05) is 11.1 Å². The summed E-state index contributed by atoms with van der Waals surface area (Å²) in [4.78, 5) is 36.1. The fraction of sp³-hybridized carbons (Fsp3) is 0.500. The fourth-order valence-electron chi connectivity index (χ4n) is 1.77. The number of nitrogens with one attached hydrogen (secondary N) is 2. The molecule has 0 aliphatic rings. The SMILES string of the molecule is CC(C)[C@@H](NC(=O)Nc1ccccc1)C(=O)OCC(=O)C(C)(C)C. The van der Waals surface area contributed by atoms with Gasteiger partial charge in [0.1, 0.15) is 6.04 Å². The minimum atomic E-state index is -0.832. The number of rotatable bonds is 6. The van der Waals surface area contributed by atoms with Crippen molar-refractivity contribution in [3.63, 3.8) is 0 Å². The number of hydrogen-bond acceptors (Lipinski definition) is 4. The van der Waals surface area contributed by atoms with Gasteiger partial charge >= 0.3 is 12.0 Å². The van der Waals surface area contributed by atoms with Crippen molar-refractivity contribution in [3.8, 4) is 0 Å². The molecular formula is C18H26N2O4. The van der Waals surface area contributed by atoms with E-state index < -0.39 is 23.5 Å². The van der Waals surface area contributed by atoms with Crippen LogP contribution in [0.1, 0.15) is 34.6 Å². The number of carbonyl (C=O) groups excluding carboxylic acids is 3. The number of benzene rings is 1. The van der Waals surface area contributed by atoms with Gasteiger partial charge in [-0.25, -0.2) is 9.59 Å². The van der Waals surface area contributed by atoms with Crippen molar-refractivity contribution < 1.29 is 19.1 Å². The summed E-state index contributed by atoms with van der Waals surface area (Å²) in [5.74, 6) is -0.971. The van der Waals surface area contributed by atoms with Gasteiger partial charge in [0.25, 0.3) is 0 Å². The first-order valence-electron chi connectivity index (χ1n) is 7.93. The Morgan fingerprint density at radius 1 is 1.08 bits per heavy atom. The Balaban J connectivity index is 2.61. The highest BCUT2D eigenvalue weighted by Crippen LogP contribution is 2.15. The van der Waals surface area contributed by atoms with E-state index in [0.717, 1.165) is 0 Å². The number of amides is 2. The Kier molecular flexibility index (Phi) is 6.95. The number of para-hydroxylation sites is 1. The van der Waals surface area contributed by atoms with E-state index in [9.17, 15) is 14.4 Å². The molecule has 0 fully saturated rings. The molecule has 0 unspecified atom stereocenters. The second kappa shape index (κ2) is 8.47. The lowest BCUT2D eigenvalue weighted by Gasteiger charge is -2.22. The van der Waals surface area contributed by atoms with E-state index in [2.05, 4.69) is 10.6 Å². The molecule has 2 amide bonds. The van der Waals surface area contributed by atoms with Crippen LogP contribution in [0.5, 0.6) is 0 Å². The average Bonchev–Trinajstić information content (AvgIpc) is 2.49. The Morgan fingerprint density at radius 3 is 2.17 bits per heavy atom. The molecule has 1 aromatic rings. The largest absolute Gasteiger partial charge is 0.456 e. The van der Waals surface area contributed by atoms with Crippen molar-refractivity contribution in [1.29, 1.82) is 0 Å². The van der Waals surface area contributed by atoms with Crippen molar-refractivity contribution in [2.45, 2.75) is 40.7 Å². The van der Waals surface area contributed by atoms with Crippen LogP contribution in [0.4, 0.5) is 10.5 Å². The first-order valence-corrected chi connectivity index (χ1v) is 7.93. The second-order valence-electron chi connectivity index (χ2n) is 6.97. The number of ketones is 1. The molecule has 24 heavy (non-hydrogen) atoms. The summed E-state index contributed by atoms with van der Waals surface area (Å²) in [5, 5.41) is 5.24. The molecule has 1 aromatic carbocycles. The predicted octanol–water partition coefficient (Wildman–Crippen LogP) is 2.99.